The summed E-state index contributed by atoms with van der Waals surface area (Å²) in [7, 11) is 1.25. The van der Waals surface area contributed by atoms with E-state index in [1.807, 2.05) is 0 Å². The summed E-state index contributed by atoms with van der Waals surface area (Å²) in [6.45, 7) is 1.73. The molecule has 2 aliphatic heterocycles. The van der Waals surface area contributed by atoms with Crippen LogP contribution >= 0.6 is 0 Å². The van der Waals surface area contributed by atoms with Gasteiger partial charge in [0, 0.05) is 23.9 Å². The van der Waals surface area contributed by atoms with Crippen LogP contribution in [0, 0.1) is 10.1 Å². The maximum absolute atomic E-state index is 13.0. The molecule has 30 heavy (non-hydrogen) atoms. The quantitative estimate of drug-likeness (QED) is 0.466. The summed E-state index contributed by atoms with van der Waals surface area (Å²) < 4.78 is 15.6. The second-order valence-corrected chi connectivity index (χ2v) is 6.59. The normalized spacial score (nSPS) is 17.6. The van der Waals surface area contributed by atoms with Crippen molar-refractivity contribution in [3.63, 3.8) is 0 Å². The smallest absolute Gasteiger partial charge is 0.337 e. The Kier molecular flexibility index (Phi) is 4.74. The lowest BCUT2D eigenvalue weighted by atomic mass is 9.94. The number of anilines is 1. The Bertz CT molecular complexity index is 1080. The number of nitro benzene ring substituents is 1. The number of ether oxygens (including phenoxy) is 3. The summed E-state index contributed by atoms with van der Waals surface area (Å²) in [5, 5.41) is 13.7. The molecule has 10 heteroatoms. The number of nitrogens with zero attached hydrogens (tertiary/aromatic N) is 2. The van der Waals surface area contributed by atoms with Gasteiger partial charge < -0.3 is 19.5 Å². The third-order valence-corrected chi connectivity index (χ3v) is 4.94. The molecule has 4 rings (SSSR count). The lowest BCUT2D eigenvalue weighted by molar-refractivity contribution is -0.384. The summed E-state index contributed by atoms with van der Waals surface area (Å²) >= 11 is 0. The molecule has 10 nitrogen and oxygen atoms in total. The van der Waals surface area contributed by atoms with Crippen LogP contribution in [0.2, 0.25) is 0 Å². The maximum Gasteiger partial charge on any atom is 0.337 e. The second kappa shape index (κ2) is 7.39. The van der Waals surface area contributed by atoms with Crippen molar-refractivity contribution < 1.29 is 28.7 Å². The summed E-state index contributed by atoms with van der Waals surface area (Å²) in [4.78, 5) is 37.3. The summed E-state index contributed by atoms with van der Waals surface area (Å²) in [5.74, 6) is 0.432. The van der Waals surface area contributed by atoms with Crippen molar-refractivity contribution in [1.82, 2.24) is 5.32 Å². The van der Waals surface area contributed by atoms with Crippen LogP contribution in [-0.2, 0) is 9.53 Å². The van der Waals surface area contributed by atoms with E-state index in [1.165, 1.54) is 36.3 Å². The molecule has 154 valence electrons. The molecule has 0 aromatic heterocycles. The first kappa shape index (κ1) is 19.2. The van der Waals surface area contributed by atoms with Gasteiger partial charge in [-0.3, -0.25) is 15.0 Å². The fourth-order valence-corrected chi connectivity index (χ4v) is 3.49. The zero-order valence-electron chi connectivity index (χ0n) is 16.1. The first-order valence-electron chi connectivity index (χ1n) is 8.94. The first-order valence-corrected chi connectivity index (χ1v) is 8.94. The van der Waals surface area contributed by atoms with Gasteiger partial charge in [0.05, 0.1) is 29.3 Å². The third-order valence-electron chi connectivity index (χ3n) is 4.94. The van der Waals surface area contributed by atoms with Crippen LogP contribution < -0.4 is 19.7 Å². The Labute approximate surface area is 170 Å². The van der Waals surface area contributed by atoms with Crippen molar-refractivity contribution in [1.29, 1.82) is 0 Å². The number of non-ortho nitro benzene ring substituents is 1. The molecule has 0 saturated carbocycles. The van der Waals surface area contributed by atoms with E-state index in [2.05, 4.69) is 5.32 Å². The van der Waals surface area contributed by atoms with Crippen LogP contribution in [-0.4, -0.2) is 30.8 Å². The predicted octanol–water partition coefficient (Wildman–Crippen LogP) is 3.04. The number of nitro groups is 1. The van der Waals surface area contributed by atoms with Crippen LogP contribution in [0.25, 0.3) is 0 Å². The van der Waals surface area contributed by atoms with Crippen molar-refractivity contribution in [3.05, 3.63) is 69.4 Å². The molecule has 0 radical (unpaired) electrons. The number of amides is 2. The fraction of sp³-hybridized carbons (Fsp3) is 0.200. The van der Waals surface area contributed by atoms with Crippen LogP contribution in [0.4, 0.5) is 16.2 Å². The largest absolute Gasteiger partial charge is 0.466 e. The van der Waals surface area contributed by atoms with Crippen LogP contribution in [0.3, 0.4) is 0 Å². The molecule has 2 aromatic rings. The molecule has 0 aliphatic carbocycles. The van der Waals surface area contributed by atoms with Gasteiger partial charge in [-0.2, -0.15) is 0 Å². The number of allylic oxidation sites excluding steroid dienone is 1. The van der Waals surface area contributed by atoms with Crippen LogP contribution in [0.5, 0.6) is 11.5 Å². The Morgan fingerprint density at radius 2 is 1.90 bits per heavy atom. The molecule has 2 aromatic carbocycles. The highest BCUT2D eigenvalue weighted by Gasteiger charge is 2.37. The fourth-order valence-electron chi connectivity index (χ4n) is 3.49. The van der Waals surface area contributed by atoms with Gasteiger partial charge in [0.2, 0.25) is 6.79 Å². The molecule has 0 saturated heterocycles. The van der Waals surface area contributed by atoms with Crippen LogP contribution in [0.1, 0.15) is 18.5 Å². The number of nitrogens with one attached hydrogen (secondary N) is 1. The monoisotopic (exact) mass is 411 g/mol. The number of hydrogen-bond acceptors (Lipinski definition) is 7. The number of fused-ring (bicyclic) bond motifs is 1. The zero-order valence-corrected chi connectivity index (χ0v) is 16.1. The van der Waals surface area contributed by atoms with E-state index in [1.54, 1.807) is 25.1 Å². The number of esters is 1. The zero-order chi connectivity index (χ0) is 21.4. The van der Waals surface area contributed by atoms with E-state index in [4.69, 9.17) is 14.2 Å². The number of hydrogen-bond donors (Lipinski definition) is 1. The number of benzene rings is 2. The van der Waals surface area contributed by atoms with E-state index in [0.29, 0.717) is 28.4 Å². The molecule has 2 heterocycles. The van der Waals surface area contributed by atoms with Crippen LogP contribution in [0.15, 0.2) is 53.7 Å². The minimum absolute atomic E-state index is 0.0927. The van der Waals surface area contributed by atoms with Gasteiger partial charge in [-0.1, -0.05) is 0 Å². The van der Waals surface area contributed by atoms with E-state index in [-0.39, 0.29) is 18.1 Å². The topological polar surface area (TPSA) is 120 Å². The lowest BCUT2D eigenvalue weighted by Crippen LogP contribution is -2.48. The second-order valence-electron chi connectivity index (χ2n) is 6.59. The van der Waals surface area contributed by atoms with Crippen molar-refractivity contribution in [2.75, 3.05) is 18.8 Å². The van der Waals surface area contributed by atoms with Crippen molar-refractivity contribution in [2.45, 2.75) is 13.0 Å². The highest BCUT2D eigenvalue weighted by molar-refractivity contribution is 6.03. The highest BCUT2D eigenvalue weighted by atomic mass is 16.7. The minimum atomic E-state index is -0.823. The predicted molar refractivity (Wildman–Crippen MR) is 104 cm³/mol. The van der Waals surface area contributed by atoms with Gasteiger partial charge in [0.1, 0.15) is 0 Å². The molecule has 2 amide bonds. The Morgan fingerprint density at radius 3 is 2.57 bits per heavy atom. The third kappa shape index (κ3) is 3.17. The molecule has 1 N–H and O–H groups in total. The van der Waals surface area contributed by atoms with Gasteiger partial charge in [0.15, 0.2) is 11.5 Å². The highest BCUT2D eigenvalue weighted by Crippen LogP contribution is 2.39. The Balaban J connectivity index is 1.78. The van der Waals surface area contributed by atoms with E-state index >= 15 is 0 Å². The first-order chi connectivity index (χ1) is 14.4. The van der Waals surface area contributed by atoms with Gasteiger partial charge in [-0.25, -0.2) is 9.59 Å². The molecular weight excluding hydrogens is 394 g/mol. The van der Waals surface area contributed by atoms with Crippen molar-refractivity contribution in [2.24, 2.45) is 0 Å². The number of methoxy groups -OCH3 is 1. The molecule has 0 fully saturated rings. The number of urea groups is 1. The molecule has 1 atom stereocenters. The molecule has 0 spiro atoms. The molecule has 0 unspecified atom stereocenters. The average molecular weight is 411 g/mol. The Morgan fingerprint density at radius 1 is 1.20 bits per heavy atom. The van der Waals surface area contributed by atoms with E-state index in [0.717, 1.165) is 0 Å². The SMILES string of the molecule is COC(=O)C1=C(C)N(c2ccc3c(c2)OCO3)C(=O)N[C@H]1c1ccc([N+](=O)[O-])cc1. The maximum atomic E-state index is 13.0. The molecular formula is C20H17N3O7. The number of rotatable bonds is 4. The number of carbonyl (C=O) groups is 2. The van der Waals surface area contributed by atoms with Gasteiger partial charge >= 0.3 is 12.0 Å². The van der Waals surface area contributed by atoms with E-state index < -0.39 is 23.0 Å². The average Bonchev–Trinajstić information content (AvgIpc) is 3.21. The standard InChI is InChI=1S/C20H17N3O7/c1-11-17(19(24)28-2)18(12-3-5-13(6-4-12)23(26)27)21-20(25)22(11)14-7-8-15-16(9-14)30-10-29-15/h3-9,18H,10H2,1-2H3,(H,21,25)/t18-/m0/s1. The van der Waals surface area contributed by atoms with Gasteiger partial charge in [-0.05, 0) is 36.8 Å². The van der Waals surface area contributed by atoms with E-state index in [9.17, 15) is 19.7 Å². The van der Waals surface area contributed by atoms with Gasteiger partial charge in [-0.15, -0.1) is 0 Å². The van der Waals surface area contributed by atoms with Crippen molar-refractivity contribution >= 4 is 23.4 Å². The number of carbonyl (C=O) groups excluding carboxylic acids is 2. The summed E-state index contributed by atoms with van der Waals surface area (Å²) in [6.07, 6.45) is 0. The summed E-state index contributed by atoms with van der Waals surface area (Å²) in [6, 6.07) is 9.33. The minimum Gasteiger partial charge on any atom is -0.466 e. The Hall–Kier alpha value is -4.08. The molecule has 0 bridgehead atoms. The lowest BCUT2D eigenvalue weighted by Gasteiger charge is -2.35. The molecule has 2 aliphatic rings. The summed E-state index contributed by atoms with van der Waals surface area (Å²) in [5.41, 5.74) is 1.48. The van der Waals surface area contributed by atoms with Gasteiger partial charge in [0.25, 0.3) is 5.69 Å². The van der Waals surface area contributed by atoms with Crippen molar-refractivity contribution in [3.8, 4) is 11.5 Å².